The Kier molecular flexibility index (Phi) is 5.14. The van der Waals surface area contributed by atoms with Crippen molar-refractivity contribution in [2.45, 2.75) is 0 Å². The van der Waals surface area contributed by atoms with Gasteiger partial charge in [0.15, 0.2) is 0 Å². The second-order valence-electron chi connectivity index (χ2n) is 13.0. The zero-order valence-corrected chi connectivity index (χ0v) is 25.9. The van der Waals surface area contributed by atoms with Crippen LogP contribution in [0.5, 0.6) is 0 Å². The molecule has 2 heteroatoms. The molecule has 0 aliphatic rings. The zero-order valence-electron chi connectivity index (χ0n) is 25.9. The zero-order chi connectivity index (χ0) is 31.3. The molecule has 0 saturated heterocycles. The number of aromatic nitrogens is 2. The Hall–Kier alpha value is -6.38. The molecule has 2 nitrogen and oxygen atoms in total. The Bertz CT molecular complexity index is 3110. The minimum absolute atomic E-state index is 0.934. The van der Waals surface area contributed by atoms with Gasteiger partial charge in [0.25, 0.3) is 0 Å². The van der Waals surface area contributed by atoms with Gasteiger partial charge in [-0.05, 0) is 106 Å². The van der Waals surface area contributed by atoms with Gasteiger partial charge in [0.1, 0.15) is 0 Å². The monoisotopic (exact) mass is 606 g/mol. The Balaban J connectivity index is 1.22. The summed E-state index contributed by atoms with van der Waals surface area (Å²) in [6.45, 7) is 0. The van der Waals surface area contributed by atoms with Gasteiger partial charge < -0.3 is 0 Å². The number of pyridine rings is 2. The van der Waals surface area contributed by atoms with E-state index in [1.165, 1.54) is 75.8 Å². The minimum Gasteiger partial charge on any atom is -0.254 e. The van der Waals surface area contributed by atoms with E-state index in [1.54, 1.807) is 0 Å². The third-order valence-electron chi connectivity index (χ3n) is 10.3. The number of benzene rings is 8. The fraction of sp³-hybridized carbons (Fsp3) is 0. The summed E-state index contributed by atoms with van der Waals surface area (Å²) in [7, 11) is 0. The standard InChI is InChI=1S/C46H26N2/c1-9-32(24-33(10-1)40-22-21-31-19-18-30-11-5-23-47-45(30)46(31)48-40)35-25-34-20-17-29-7-3-13-37-36-12-2-6-27-15-16-28-8-4-14-38(43(28)41(27)36)39(26-35)44(34)42(29)37/h1-26H. The molecule has 0 radical (unpaired) electrons. The lowest BCUT2D eigenvalue weighted by molar-refractivity contribution is 1.37. The van der Waals surface area contributed by atoms with Crippen LogP contribution in [0.15, 0.2) is 158 Å². The molecular weight excluding hydrogens is 581 g/mol. The van der Waals surface area contributed by atoms with E-state index in [2.05, 4.69) is 151 Å². The molecule has 0 aliphatic heterocycles. The number of hydrogen-bond donors (Lipinski definition) is 0. The van der Waals surface area contributed by atoms with Crippen molar-refractivity contribution in [3.8, 4) is 22.4 Å². The first-order chi connectivity index (χ1) is 23.8. The van der Waals surface area contributed by atoms with Crippen molar-refractivity contribution < 1.29 is 0 Å². The van der Waals surface area contributed by atoms with Crippen LogP contribution >= 0.6 is 0 Å². The molecule has 48 heavy (non-hydrogen) atoms. The summed E-state index contributed by atoms with van der Waals surface area (Å²) in [4.78, 5) is 9.84. The SMILES string of the molecule is c1cc(-c2cc3ccc4cccc5c6cccc7ccc8cccc(c(c2)c3c45)c8c76)cc(-c2ccc3ccc4cccnc4c3n2)c1. The molecule has 0 bridgehead atoms. The Morgan fingerprint density at radius 2 is 0.833 bits per heavy atom. The van der Waals surface area contributed by atoms with Crippen molar-refractivity contribution in [2.75, 3.05) is 0 Å². The molecule has 0 fully saturated rings. The highest BCUT2D eigenvalue weighted by Gasteiger charge is 2.16. The summed E-state index contributed by atoms with van der Waals surface area (Å²) < 4.78 is 0. The Morgan fingerprint density at radius 1 is 0.312 bits per heavy atom. The summed E-state index contributed by atoms with van der Waals surface area (Å²) >= 11 is 0. The summed E-state index contributed by atoms with van der Waals surface area (Å²) in [6.07, 6.45) is 1.85. The summed E-state index contributed by atoms with van der Waals surface area (Å²) in [5.74, 6) is 0. The molecule has 220 valence electrons. The second-order valence-corrected chi connectivity index (χ2v) is 13.0. The van der Waals surface area contributed by atoms with Gasteiger partial charge in [0.05, 0.1) is 16.7 Å². The number of rotatable bonds is 2. The van der Waals surface area contributed by atoms with Gasteiger partial charge in [0, 0.05) is 22.5 Å². The molecule has 2 aromatic heterocycles. The fourth-order valence-corrected chi connectivity index (χ4v) is 8.19. The van der Waals surface area contributed by atoms with E-state index in [9.17, 15) is 0 Å². The van der Waals surface area contributed by atoms with Crippen LogP contribution in [0.3, 0.4) is 0 Å². The lowest BCUT2D eigenvalue weighted by atomic mass is 9.86. The quantitative estimate of drug-likeness (QED) is 0.183. The third kappa shape index (κ3) is 3.57. The highest BCUT2D eigenvalue weighted by atomic mass is 14.7. The van der Waals surface area contributed by atoms with Crippen LogP contribution in [-0.2, 0) is 0 Å². The van der Waals surface area contributed by atoms with E-state index in [1.807, 2.05) is 12.3 Å². The molecule has 2 heterocycles. The first-order valence-corrected chi connectivity index (χ1v) is 16.5. The van der Waals surface area contributed by atoms with Crippen LogP contribution in [0.25, 0.3) is 109 Å². The lowest BCUT2D eigenvalue weighted by Crippen LogP contribution is -1.90. The smallest absolute Gasteiger partial charge is 0.0972 e. The summed E-state index contributed by atoms with van der Waals surface area (Å²) in [5, 5.41) is 17.7. The van der Waals surface area contributed by atoms with Gasteiger partial charge in [-0.15, -0.1) is 0 Å². The predicted molar refractivity (Wildman–Crippen MR) is 204 cm³/mol. The van der Waals surface area contributed by atoms with E-state index in [0.717, 1.165) is 33.1 Å². The van der Waals surface area contributed by atoms with Crippen LogP contribution < -0.4 is 0 Å². The minimum atomic E-state index is 0.934. The molecule has 0 spiro atoms. The van der Waals surface area contributed by atoms with E-state index < -0.39 is 0 Å². The van der Waals surface area contributed by atoms with Crippen LogP contribution in [0.4, 0.5) is 0 Å². The first kappa shape index (κ1) is 25.8. The van der Waals surface area contributed by atoms with Crippen LogP contribution in [-0.4, -0.2) is 9.97 Å². The molecule has 11 rings (SSSR count). The van der Waals surface area contributed by atoms with Gasteiger partial charge >= 0.3 is 0 Å². The predicted octanol–water partition coefficient (Wildman–Crippen LogP) is 12.5. The van der Waals surface area contributed by atoms with E-state index in [4.69, 9.17) is 4.98 Å². The topological polar surface area (TPSA) is 25.8 Å². The summed E-state index contributed by atoms with van der Waals surface area (Å²) in [6, 6.07) is 55.7. The van der Waals surface area contributed by atoms with E-state index >= 15 is 0 Å². The van der Waals surface area contributed by atoms with Crippen molar-refractivity contribution in [3.63, 3.8) is 0 Å². The Labute approximate surface area is 275 Å². The van der Waals surface area contributed by atoms with Gasteiger partial charge in [-0.1, -0.05) is 121 Å². The van der Waals surface area contributed by atoms with Crippen molar-refractivity contribution >= 4 is 86.4 Å². The first-order valence-electron chi connectivity index (χ1n) is 16.5. The third-order valence-corrected chi connectivity index (χ3v) is 10.3. The number of nitrogens with zero attached hydrogens (tertiary/aromatic N) is 2. The maximum Gasteiger partial charge on any atom is 0.0972 e. The summed E-state index contributed by atoms with van der Waals surface area (Å²) in [5.41, 5.74) is 6.27. The average molecular weight is 607 g/mol. The van der Waals surface area contributed by atoms with Gasteiger partial charge in [0.2, 0.25) is 0 Å². The maximum absolute atomic E-state index is 5.16. The largest absolute Gasteiger partial charge is 0.254 e. The fourth-order valence-electron chi connectivity index (χ4n) is 8.19. The van der Waals surface area contributed by atoms with Crippen LogP contribution in [0.1, 0.15) is 0 Å². The molecule has 11 aromatic rings. The van der Waals surface area contributed by atoms with Crippen molar-refractivity contribution in [1.82, 2.24) is 9.97 Å². The Morgan fingerprint density at radius 3 is 1.54 bits per heavy atom. The van der Waals surface area contributed by atoms with Gasteiger partial charge in [-0.3, -0.25) is 4.98 Å². The van der Waals surface area contributed by atoms with Crippen LogP contribution in [0, 0.1) is 0 Å². The van der Waals surface area contributed by atoms with E-state index in [-0.39, 0.29) is 0 Å². The number of hydrogen-bond acceptors (Lipinski definition) is 2. The highest BCUT2D eigenvalue weighted by Crippen LogP contribution is 2.44. The molecule has 0 N–H and O–H groups in total. The van der Waals surface area contributed by atoms with Gasteiger partial charge in [-0.25, -0.2) is 4.98 Å². The molecular formula is C46H26N2. The molecule has 0 saturated carbocycles. The highest BCUT2D eigenvalue weighted by molar-refractivity contribution is 6.37. The van der Waals surface area contributed by atoms with Gasteiger partial charge in [-0.2, -0.15) is 0 Å². The molecule has 0 amide bonds. The second kappa shape index (κ2) is 9.57. The van der Waals surface area contributed by atoms with Crippen molar-refractivity contribution in [2.24, 2.45) is 0 Å². The normalized spacial score (nSPS) is 12.2. The maximum atomic E-state index is 5.16. The van der Waals surface area contributed by atoms with Crippen LogP contribution in [0.2, 0.25) is 0 Å². The van der Waals surface area contributed by atoms with Crippen molar-refractivity contribution in [1.29, 1.82) is 0 Å². The van der Waals surface area contributed by atoms with E-state index in [0.29, 0.717) is 0 Å². The molecule has 0 aliphatic carbocycles. The number of fused-ring (bicyclic) bond motifs is 5. The average Bonchev–Trinajstić information content (AvgIpc) is 3.15. The molecule has 9 aromatic carbocycles. The molecule has 0 atom stereocenters. The van der Waals surface area contributed by atoms with Crippen molar-refractivity contribution in [3.05, 3.63) is 158 Å². The lowest BCUT2D eigenvalue weighted by Gasteiger charge is -2.17. The molecule has 0 unspecified atom stereocenters.